The monoisotopic (exact) mass is 238 g/mol. The van der Waals surface area contributed by atoms with E-state index in [-0.39, 0.29) is 18.6 Å². The summed E-state index contributed by atoms with van der Waals surface area (Å²) in [5, 5.41) is 11.7. The highest BCUT2D eigenvalue weighted by Gasteiger charge is 2.14. The predicted molar refractivity (Wildman–Crippen MR) is 66.0 cm³/mol. The minimum Gasteiger partial charge on any atom is -0.497 e. The number of nitrogen functional groups attached to an aromatic ring is 1. The van der Waals surface area contributed by atoms with Crippen LogP contribution >= 0.6 is 0 Å². The number of hydrogen-bond donors (Lipinski definition) is 3. The number of carbonyl (C=O) groups excluding carboxylic acids is 1. The fourth-order valence-electron chi connectivity index (χ4n) is 1.40. The number of nitrogens with one attached hydrogen (secondary N) is 1. The van der Waals surface area contributed by atoms with Crippen molar-refractivity contribution in [3.05, 3.63) is 23.8 Å². The van der Waals surface area contributed by atoms with Crippen LogP contribution in [0, 0.1) is 0 Å². The van der Waals surface area contributed by atoms with Gasteiger partial charge in [-0.25, -0.2) is 0 Å². The fourth-order valence-corrected chi connectivity index (χ4v) is 1.40. The van der Waals surface area contributed by atoms with E-state index in [1.54, 1.807) is 18.2 Å². The lowest BCUT2D eigenvalue weighted by molar-refractivity contribution is 0.0915. The molecule has 0 aliphatic heterocycles. The molecule has 0 saturated carbocycles. The number of rotatable bonds is 5. The normalized spacial score (nSPS) is 11.9. The largest absolute Gasteiger partial charge is 0.497 e. The first-order valence-electron chi connectivity index (χ1n) is 5.47. The standard InChI is InChI=1S/C12H18N2O3/c1-3-8(7-15)14-12(16)10-6-9(17-2)4-5-11(10)13/h4-6,8,15H,3,7,13H2,1-2H3,(H,14,16)/t8-/m0/s1. The third-order valence-corrected chi connectivity index (χ3v) is 2.55. The Hall–Kier alpha value is -1.75. The number of anilines is 1. The lowest BCUT2D eigenvalue weighted by Gasteiger charge is -2.15. The van der Waals surface area contributed by atoms with Gasteiger partial charge in [-0.2, -0.15) is 0 Å². The van der Waals surface area contributed by atoms with Gasteiger partial charge < -0.3 is 20.9 Å². The van der Waals surface area contributed by atoms with Crippen molar-refractivity contribution < 1.29 is 14.6 Å². The van der Waals surface area contributed by atoms with Crippen LogP contribution in [0.1, 0.15) is 23.7 Å². The molecule has 0 radical (unpaired) electrons. The Balaban J connectivity index is 2.87. The number of ether oxygens (including phenoxy) is 1. The Morgan fingerprint density at radius 1 is 1.59 bits per heavy atom. The van der Waals surface area contributed by atoms with E-state index in [4.69, 9.17) is 15.6 Å². The van der Waals surface area contributed by atoms with Crippen molar-refractivity contribution in [2.75, 3.05) is 19.5 Å². The van der Waals surface area contributed by atoms with Gasteiger partial charge in [0.2, 0.25) is 0 Å². The highest BCUT2D eigenvalue weighted by molar-refractivity contribution is 5.99. The van der Waals surface area contributed by atoms with E-state index in [2.05, 4.69) is 5.32 Å². The smallest absolute Gasteiger partial charge is 0.253 e. The molecule has 0 spiro atoms. The Bertz CT molecular complexity index is 389. The van der Waals surface area contributed by atoms with Crippen molar-refractivity contribution in [3.8, 4) is 5.75 Å². The molecule has 0 heterocycles. The van der Waals surface area contributed by atoms with Crippen LogP contribution in [0.3, 0.4) is 0 Å². The molecule has 0 aromatic heterocycles. The van der Waals surface area contributed by atoms with Crippen LogP contribution < -0.4 is 15.8 Å². The average molecular weight is 238 g/mol. The number of aliphatic hydroxyl groups excluding tert-OH is 1. The Labute approximate surface area is 101 Å². The first-order valence-corrected chi connectivity index (χ1v) is 5.47. The van der Waals surface area contributed by atoms with E-state index < -0.39 is 0 Å². The molecule has 1 rings (SSSR count). The highest BCUT2D eigenvalue weighted by Crippen LogP contribution is 2.19. The third kappa shape index (κ3) is 3.35. The Morgan fingerprint density at radius 3 is 2.82 bits per heavy atom. The van der Waals surface area contributed by atoms with E-state index in [1.165, 1.54) is 7.11 Å². The van der Waals surface area contributed by atoms with Gasteiger partial charge in [-0.1, -0.05) is 6.92 Å². The summed E-state index contributed by atoms with van der Waals surface area (Å²) in [5.41, 5.74) is 6.47. The minimum absolute atomic E-state index is 0.0912. The van der Waals surface area contributed by atoms with E-state index in [0.29, 0.717) is 23.4 Å². The van der Waals surface area contributed by atoms with E-state index in [1.807, 2.05) is 6.92 Å². The van der Waals surface area contributed by atoms with Gasteiger partial charge >= 0.3 is 0 Å². The number of benzene rings is 1. The van der Waals surface area contributed by atoms with Crippen LogP contribution in [0.15, 0.2) is 18.2 Å². The summed E-state index contributed by atoms with van der Waals surface area (Å²) in [6, 6.07) is 4.63. The van der Waals surface area contributed by atoms with Crippen molar-refractivity contribution in [3.63, 3.8) is 0 Å². The topological polar surface area (TPSA) is 84.6 Å². The first-order chi connectivity index (χ1) is 8.12. The third-order valence-electron chi connectivity index (χ3n) is 2.55. The number of aliphatic hydroxyl groups is 1. The zero-order valence-electron chi connectivity index (χ0n) is 10.1. The second kappa shape index (κ2) is 6.10. The summed E-state index contributed by atoms with van der Waals surface area (Å²) in [6.45, 7) is 1.79. The molecule has 0 bridgehead atoms. The molecule has 5 nitrogen and oxygen atoms in total. The molecule has 5 heteroatoms. The zero-order valence-corrected chi connectivity index (χ0v) is 10.1. The maximum Gasteiger partial charge on any atom is 0.253 e. The number of nitrogens with two attached hydrogens (primary N) is 1. The highest BCUT2D eigenvalue weighted by atomic mass is 16.5. The molecule has 0 fully saturated rings. The summed E-state index contributed by atoms with van der Waals surface area (Å²) in [6.07, 6.45) is 0.659. The maximum absolute atomic E-state index is 11.9. The predicted octanol–water partition coefficient (Wildman–Crippen LogP) is 0.778. The number of hydrogen-bond acceptors (Lipinski definition) is 4. The summed E-state index contributed by atoms with van der Waals surface area (Å²) in [5.74, 6) is 0.267. The zero-order chi connectivity index (χ0) is 12.8. The second-order valence-electron chi connectivity index (χ2n) is 3.71. The molecule has 1 aromatic carbocycles. The van der Waals surface area contributed by atoms with Crippen molar-refractivity contribution >= 4 is 11.6 Å². The Kier molecular flexibility index (Phi) is 4.78. The van der Waals surface area contributed by atoms with Crippen molar-refractivity contribution in [2.45, 2.75) is 19.4 Å². The quantitative estimate of drug-likeness (QED) is 0.662. The van der Waals surface area contributed by atoms with Gasteiger partial charge in [0.1, 0.15) is 5.75 Å². The number of carbonyl (C=O) groups is 1. The lowest BCUT2D eigenvalue weighted by Crippen LogP contribution is -2.37. The van der Waals surface area contributed by atoms with Crippen molar-refractivity contribution in [2.24, 2.45) is 0 Å². The van der Waals surface area contributed by atoms with Crippen LogP contribution in [0.4, 0.5) is 5.69 Å². The van der Waals surface area contributed by atoms with Gasteiger partial charge in [-0.05, 0) is 24.6 Å². The fraction of sp³-hybridized carbons (Fsp3) is 0.417. The second-order valence-corrected chi connectivity index (χ2v) is 3.71. The van der Waals surface area contributed by atoms with Gasteiger partial charge in [0.05, 0.1) is 25.3 Å². The molecule has 94 valence electrons. The van der Waals surface area contributed by atoms with Gasteiger partial charge in [-0.15, -0.1) is 0 Å². The molecule has 17 heavy (non-hydrogen) atoms. The number of amides is 1. The van der Waals surface area contributed by atoms with Crippen LogP contribution in [0.5, 0.6) is 5.75 Å². The molecule has 1 aromatic rings. The van der Waals surface area contributed by atoms with E-state index in [0.717, 1.165) is 0 Å². The van der Waals surface area contributed by atoms with Crippen LogP contribution in [-0.4, -0.2) is 30.8 Å². The van der Waals surface area contributed by atoms with Gasteiger partial charge in [0, 0.05) is 5.69 Å². The van der Waals surface area contributed by atoms with Crippen molar-refractivity contribution in [1.29, 1.82) is 0 Å². The maximum atomic E-state index is 11.9. The molecule has 0 unspecified atom stereocenters. The first kappa shape index (κ1) is 13.3. The molecule has 1 amide bonds. The summed E-state index contributed by atoms with van der Waals surface area (Å²) in [7, 11) is 1.52. The molecular formula is C12H18N2O3. The SMILES string of the molecule is CC[C@@H](CO)NC(=O)c1cc(OC)ccc1N. The molecule has 4 N–H and O–H groups in total. The summed E-state index contributed by atoms with van der Waals surface area (Å²) < 4.78 is 5.03. The average Bonchev–Trinajstić information content (AvgIpc) is 2.36. The molecule has 0 aliphatic carbocycles. The van der Waals surface area contributed by atoms with Gasteiger partial charge in [0.25, 0.3) is 5.91 Å². The van der Waals surface area contributed by atoms with Gasteiger partial charge in [0.15, 0.2) is 0 Å². The summed E-state index contributed by atoms with van der Waals surface area (Å²) >= 11 is 0. The van der Waals surface area contributed by atoms with E-state index in [9.17, 15) is 4.79 Å². The lowest BCUT2D eigenvalue weighted by atomic mass is 10.1. The molecule has 0 saturated heterocycles. The number of methoxy groups -OCH3 is 1. The minimum atomic E-state index is -0.303. The van der Waals surface area contributed by atoms with Crippen LogP contribution in [-0.2, 0) is 0 Å². The molecular weight excluding hydrogens is 220 g/mol. The van der Waals surface area contributed by atoms with E-state index >= 15 is 0 Å². The molecule has 1 atom stereocenters. The van der Waals surface area contributed by atoms with Gasteiger partial charge in [-0.3, -0.25) is 4.79 Å². The van der Waals surface area contributed by atoms with Crippen LogP contribution in [0.2, 0.25) is 0 Å². The summed E-state index contributed by atoms with van der Waals surface area (Å²) in [4.78, 5) is 11.9. The Morgan fingerprint density at radius 2 is 2.29 bits per heavy atom. The van der Waals surface area contributed by atoms with Crippen molar-refractivity contribution in [1.82, 2.24) is 5.32 Å². The molecule has 0 aliphatic rings. The van der Waals surface area contributed by atoms with Crippen LogP contribution in [0.25, 0.3) is 0 Å².